The van der Waals surface area contributed by atoms with Gasteiger partial charge in [-0.3, -0.25) is 4.79 Å². The first-order valence-electron chi connectivity index (χ1n) is 5.89. The summed E-state index contributed by atoms with van der Waals surface area (Å²) in [5.41, 5.74) is 0.716. The van der Waals surface area contributed by atoms with Crippen molar-refractivity contribution in [2.75, 3.05) is 11.4 Å². The van der Waals surface area contributed by atoms with Crippen LogP contribution < -0.4 is 4.90 Å². The van der Waals surface area contributed by atoms with Crippen LogP contribution in [0.4, 0.5) is 10.1 Å². The van der Waals surface area contributed by atoms with Gasteiger partial charge in [0.25, 0.3) is 0 Å². The van der Waals surface area contributed by atoms with Crippen LogP contribution in [0.25, 0.3) is 0 Å². The second-order valence-corrected chi connectivity index (χ2v) is 5.35. The largest absolute Gasteiger partial charge is 0.313 e. The van der Waals surface area contributed by atoms with Crippen LogP contribution in [0.2, 0.25) is 0 Å². The summed E-state index contributed by atoms with van der Waals surface area (Å²) in [6.07, 6.45) is 0.484. The second kappa shape index (κ2) is 5.30. The molecule has 1 aromatic rings. The lowest BCUT2D eigenvalue weighted by Gasteiger charge is -2.25. The molecule has 0 heterocycles. The predicted molar refractivity (Wildman–Crippen MR) is 68.5 cm³/mol. The third-order valence-electron chi connectivity index (χ3n) is 2.44. The zero-order valence-corrected chi connectivity index (χ0v) is 11.0. The first kappa shape index (κ1) is 13.7. The summed E-state index contributed by atoms with van der Waals surface area (Å²) in [6, 6.07) is 6.03. The van der Waals surface area contributed by atoms with E-state index in [0.29, 0.717) is 13.0 Å². The molecule has 0 unspecified atom stereocenters. The molecule has 0 bridgehead atoms. The van der Waals surface area contributed by atoms with Crippen LogP contribution in [0.3, 0.4) is 0 Å². The topological polar surface area (TPSA) is 20.3 Å². The zero-order valence-electron chi connectivity index (χ0n) is 11.0. The molecule has 1 aromatic carbocycles. The Morgan fingerprint density at radius 3 is 2.18 bits per heavy atom. The third-order valence-corrected chi connectivity index (χ3v) is 2.44. The van der Waals surface area contributed by atoms with E-state index in [2.05, 4.69) is 0 Å². The molecule has 0 N–H and O–H groups in total. The van der Waals surface area contributed by atoms with Crippen molar-refractivity contribution in [3.8, 4) is 0 Å². The van der Waals surface area contributed by atoms with Gasteiger partial charge < -0.3 is 4.90 Å². The number of hydrogen-bond donors (Lipinski definition) is 0. The summed E-state index contributed by atoms with van der Waals surface area (Å²) in [7, 11) is 0. The van der Waals surface area contributed by atoms with Gasteiger partial charge in [-0.05, 0) is 36.6 Å². The molecule has 0 radical (unpaired) electrons. The molecular weight excluding hydrogens is 217 g/mol. The molecule has 0 saturated carbocycles. The quantitative estimate of drug-likeness (QED) is 0.786. The average Bonchev–Trinajstić information content (AvgIpc) is 2.19. The van der Waals surface area contributed by atoms with E-state index in [-0.39, 0.29) is 17.1 Å². The molecule has 2 nitrogen and oxygen atoms in total. The van der Waals surface area contributed by atoms with Crippen molar-refractivity contribution in [3.63, 3.8) is 0 Å². The first-order valence-corrected chi connectivity index (χ1v) is 5.89. The van der Waals surface area contributed by atoms with Crippen LogP contribution in [0.5, 0.6) is 0 Å². The Hall–Kier alpha value is -1.38. The molecule has 0 aliphatic heterocycles. The van der Waals surface area contributed by atoms with Crippen LogP contribution in [0.1, 0.15) is 34.1 Å². The van der Waals surface area contributed by atoms with Crippen molar-refractivity contribution < 1.29 is 9.18 Å². The fraction of sp³-hybridized carbons (Fsp3) is 0.500. The smallest absolute Gasteiger partial charge is 0.227 e. The standard InChI is InChI=1S/C14H20FNO/c1-5-16(13(17)10-14(2,3)4)12-8-6-11(15)7-9-12/h6-9H,5,10H2,1-4H3. The van der Waals surface area contributed by atoms with Crippen LogP contribution in [-0.4, -0.2) is 12.5 Å². The van der Waals surface area contributed by atoms with Gasteiger partial charge in [-0.15, -0.1) is 0 Å². The Morgan fingerprint density at radius 2 is 1.76 bits per heavy atom. The van der Waals surface area contributed by atoms with E-state index in [0.717, 1.165) is 5.69 Å². The number of anilines is 1. The van der Waals surface area contributed by atoms with E-state index in [1.807, 2.05) is 27.7 Å². The molecular formula is C14H20FNO. The van der Waals surface area contributed by atoms with Crippen molar-refractivity contribution in [1.29, 1.82) is 0 Å². The number of carbonyl (C=O) groups is 1. The van der Waals surface area contributed by atoms with Gasteiger partial charge >= 0.3 is 0 Å². The van der Waals surface area contributed by atoms with Gasteiger partial charge in [0.1, 0.15) is 5.82 Å². The molecule has 17 heavy (non-hydrogen) atoms. The number of carbonyl (C=O) groups excluding carboxylic acids is 1. The summed E-state index contributed by atoms with van der Waals surface area (Å²) in [4.78, 5) is 13.8. The maximum Gasteiger partial charge on any atom is 0.227 e. The van der Waals surface area contributed by atoms with Crippen molar-refractivity contribution in [2.24, 2.45) is 5.41 Å². The van der Waals surface area contributed by atoms with Crippen molar-refractivity contribution in [1.82, 2.24) is 0 Å². The fourth-order valence-electron chi connectivity index (χ4n) is 1.67. The number of rotatable bonds is 3. The summed E-state index contributed by atoms with van der Waals surface area (Å²) in [5.74, 6) is -0.209. The van der Waals surface area contributed by atoms with E-state index in [1.54, 1.807) is 17.0 Å². The summed E-state index contributed by atoms with van der Waals surface area (Å²) in [5, 5.41) is 0. The van der Waals surface area contributed by atoms with Crippen LogP contribution in [0.15, 0.2) is 24.3 Å². The highest BCUT2D eigenvalue weighted by molar-refractivity contribution is 5.93. The van der Waals surface area contributed by atoms with Gasteiger partial charge in [0.2, 0.25) is 5.91 Å². The van der Waals surface area contributed by atoms with Gasteiger partial charge in [0.15, 0.2) is 0 Å². The van der Waals surface area contributed by atoms with E-state index in [9.17, 15) is 9.18 Å². The highest BCUT2D eigenvalue weighted by atomic mass is 19.1. The van der Waals surface area contributed by atoms with Gasteiger partial charge in [-0.2, -0.15) is 0 Å². The van der Waals surface area contributed by atoms with E-state index in [4.69, 9.17) is 0 Å². The van der Waals surface area contributed by atoms with Gasteiger partial charge in [0, 0.05) is 18.7 Å². The highest BCUT2D eigenvalue weighted by Gasteiger charge is 2.21. The number of hydrogen-bond acceptors (Lipinski definition) is 1. The summed E-state index contributed by atoms with van der Waals surface area (Å²) in [6.45, 7) is 8.61. The zero-order chi connectivity index (χ0) is 13.1. The minimum atomic E-state index is -0.284. The second-order valence-electron chi connectivity index (χ2n) is 5.35. The maximum atomic E-state index is 12.8. The van der Waals surface area contributed by atoms with Gasteiger partial charge in [0.05, 0.1) is 0 Å². The normalized spacial score (nSPS) is 11.4. The van der Waals surface area contributed by atoms with Crippen molar-refractivity contribution in [2.45, 2.75) is 34.1 Å². The SMILES string of the molecule is CCN(C(=O)CC(C)(C)C)c1ccc(F)cc1. The molecule has 3 heteroatoms. The lowest BCUT2D eigenvalue weighted by atomic mass is 9.91. The fourth-order valence-corrected chi connectivity index (χ4v) is 1.67. The average molecular weight is 237 g/mol. The molecule has 0 atom stereocenters. The number of halogens is 1. The Balaban J connectivity index is 2.84. The minimum Gasteiger partial charge on any atom is -0.313 e. The van der Waals surface area contributed by atoms with Gasteiger partial charge in [-0.25, -0.2) is 4.39 Å². The number of benzene rings is 1. The number of amides is 1. The maximum absolute atomic E-state index is 12.8. The molecule has 0 fully saturated rings. The Bertz CT molecular complexity index is 378. The molecule has 0 aliphatic carbocycles. The third kappa shape index (κ3) is 4.17. The lowest BCUT2D eigenvalue weighted by molar-refractivity contribution is -0.120. The number of nitrogens with zero attached hydrogens (tertiary/aromatic N) is 1. The molecule has 0 aliphatic rings. The van der Waals surface area contributed by atoms with E-state index >= 15 is 0 Å². The van der Waals surface area contributed by atoms with Crippen molar-refractivity contribution in [3.05, 3.63) is 30.1 Å². The minimum absolute atomic E-state index is 0.0372. The summed E-state index contributed by atoms with van der Waals surface area (Å²) >= 11 is 0. The molecule has 0 saturated heterocycles. The van der Waals surface area contributed by atoms with E-state index in [1.165, 1.54) is 12.1 Å². The molecule has 0 spiro atoms. The molecule has 0 aromatic heterocycles. The predicted octanol–water partition coefficient (Wildman–Crippen LogP) is 3.61. The molecule has 94 valence electrons. The molecule has 1 rings (SSSR count). The summed E-state index contributed by atoms with van der Waals surface area (Å²) < 4.78 is 12.8. The molecule has 1 amide bonds. The van der Waals surface area contributed by atoms with Crippen molar-refractivity contribution >= 4 is 11.6 Å². The lowest BCUT2D eigenvalue weighted by Crippen LogP contribution is -2.33. The Morgan fingerprint density at radius 1 is 1.24 bits per heavy atom. The first-order chi connectivity index (χ1) is 7.83. The van der Waals surface area contributed by atoms with Crippen LogP contribution >= 0.6 is 0 Å². The van der Waals surface area contributed by atoms with Gasteiger partial charge in [-0.1, -0.05) is 20.8 Å². The Labute approximate surface area is 102 Å². The monoisotopic (exact) mass is 237 g/mol. The Kier molecular flexibility index (Phi) is 4.27. The highest BCUT2D eigenvalue weighted by Crippen LogP contribution is 2.23. The van der Waals surface area contributed by atoms with E-state index < -0.39 is 0 Å². The van der Waals surface area contributed by atoms with Crippen LogP contribution in [-0.2, 0) is 4.79 Å². The van der Waals surface area contributed by atoms with Crippen LogP contribution in [0, 0.1) is 11.2 Å².